The summed E-state index contributed by atoms with van der Waals surface area (Å²) in [6.07, 6.45) is 0. The Balaban J connectivity index is 3.00. The third kappa shape index (κ3) is 2.68. The van der Waals surface area contributed by atoms with Crippen molar-refractivity contribution in [2.24, 2.45) is 5.90 Å². The topological polar surface area (TPSA) is 64.7 Å². The zero-order chi connectivity index (χ0) is 11.3. The number of methoxy groups -OCH3 is 1. The van der Waals surface area contributed by atoms with Crippen molar-refractivity contribution in [1.29, 1.82) is 0 Å². The fraction of sp³-hybridized carbons (Fsp3) is 0.455. The maximum Gasteiger partial charge on any atom is 0.119 e. The van der Waals surface area contributed by atoms with E-state index < -0.39 is 5.41 Å². The molecule has 0 bridgehead atoms. The van der Waals surface area contributed by atoms with Gasteiger partial charge in [-0.3, -0.25) is 0 Å². The molecule has 0 radical (unpaired) electrons. The van der Waals surface area contributed by atoms with Crippen LogP contribution in [0.2, 0.25) is 0 Å². The first kappa shape index (κ1) is 12.0. The van der Waals surface area contributed by atoms with Gasteiger partial charge in [0.25, 0.3) is 0 Å². The first-order valence-corrected chi connectivity index (χ1v) is 4.73. The lowest BCUT2D eigenvalue weighted by Crippen LogP contribution is -2.33. The van der Waals surface area contributed by atoms with Gasteiger partial charge in [0.15, 0.2) is 0 Å². The minimum absolute atomic E-state index is 0.0304. The summed E-state index contributed by atoms with van der Waals surface area (Å²) in [4.78, 5) is 4.62. The molecule has 4 heteroatoms. The molecular weight excluding hydrogens is 194 g/mol. The van der Waals surface area contributed by atoms with Crippen molar-refractivity contribution in [3.63, 3.8) is 0 Å². The van der Waals surface area contributed by atoms with E-state index in [0.29, 0.717) is 0 Å². The molecule has 1 aromatic rings. The van der Waals surface area contributed by atoms with Crippen LogP contribution in [-0.2, 0) is 10.3 Å². The second kappa shape index (κ2) is 5.11. The monoisotopic (exact) mass is 211 g/mol. The third-order valence-electron chi connectivity index (χ3n) is 2.52. The van der Waals surface area contributed by atoms with E-state index in [2.05, 4.69) is 4.84 Å². The van der Waals surface area contributed by atoms with Crippen molar-refractivity contribution in [1.82, 2.24) is 0 Å². The normalized spacial score (nSPS) is 14.7. The smallest absolute Gasteiger partial charge is 0.119 e. The number of hydrogen-bond donors (Lipinski definition) is 2. The van der Waals surface area contributed by atoms with Crippen molar-refractivity contribution in [3.05, 3.63) is 29.8 Å². The van der Waals surface area contributed by atoms with E-state index in [4.69, 9.17) is 10.6 Å². The number of hydrogen-bond acceptors (Lipinski definition) is 4. The van der Waals surface area contributed by atoms with Gasteiger partial charge in [-0.15, -0.1) is 0 Å². The van der Waals surface area contributed by atoms with Crippen LogP contribution in [0.15, 0.2) is 24.3 Å². The molecule has 3 N–H and O–H groups in total. The highest BCUT2D eigenvalue weighted by Crippen LogP contribution is 2.26. The minimum atomic E-state index is -0.497. The second-order valence-electron chi connectivity index (χ2n) is 3.76. The largest absolute Gasteiger partial charge is 0.497 e. The fourth-order valence-electron chi connectivity index (χ4n) is 1.40. The maximum atomic E-state index is 9.36. The average Bonchev–Trinajstić information content (AvgIpc) is 2.29. The molecule has 0 aliphatic rings. The molecule has 0 spiro atoms. The van der Waals surface area contributed by atoms with Gasteiger partial charge in [0.1, 0.15) is 5.75 Å². The molecule has 0 heterocycles. The molecule has 84 valence electrons. The van der Waals surface area contributed by atoms with Crippen molar-refractivity contribution in [3.8, 4) is 5.75 Å². The second-order valence-corrected chi connectivity index (χ2v) is 3.76. The quantitative estimate of drug-likeness (QED) is 0.708. The Morgan fingerprint density at radius 3 is 2.73 bits per heavy atom. The SMILES string of the molecule is COc1cccc(C(C)(CO)CON)c1. The summed E-state index contributed by atoms with van der Waals surface area (Å²) in [6.45, 7) is 2.11. The van der Waals surface area contributed by atoms with Gasteiger partial charge in [0, 0.05) is 5.41 Å². The van der Waals surface area contributed by atoms with Gasteiger partial charge in [0.2, 0.25) is 0 Å². The molecule has 15 heavy (non-hydrogen) atoms. The summed E-state index contributed by atoms with van der Waals surface area (Å²) in [7, 11) is 1.61. The summed E-state index contributed by atoms with van der Waals surface area (Å²) in [6, 6.07) is 7.51. The summed E-state index contributed by atoms with van der Waals surface area (Å²) in [5.41, 5.74) is 0.443. The number of aliphatic hydroxyl groups is 1. The van der Waals surface area contributed by atoms with Gasteiger partial charge >= 0.3 is 0 Å². The Kier molecular flexibility index (Phi) is 4.08. The van der Waals surface area contributed by atoms with Crippen molar-refractivity contribution in [2.45, 2.75) is 12.3 Å². The van der Waals surface area contributed by atoms with Crippen LogP contribution in [0.1, 0.15) is 12.5 Å². The zero-order valence-corrected chi connectivity index (χ0v) is 9.06. The van der Waals surface area contributed by atoms with Crippen LogP contribution in [0.5, 0.6) is 5.75 Å². The van der Waals surface area contributed by atoms with Crippen LogP contribution in [0.3, 0.4) is 0 Å². The first-order valence-electron chi connectivity index (χ1n) is 4.73. The number of nitrogens with two attached hydrogens (primary N) is 1. The van der Waals surface area contributed by atoms with E-state index >= 15 is 0 Å². The van der Waals surface area contributed by atoms with E-state index in [9.17, 15) is 5.11 Å². The minimum Gasteiger partial charge on any atom is -0.497 e. The van der Waals surface area contributed by atoms with E-state index in [1.54, 1.807) is 7.11 Å². The van der Waals surface area contributed by atoms with Gasteiger partial charge < -0.3 is 14.7 Å². The summed E-state index contributed by atoms with van der Waals surface area (Å²) < 4.78 is 5.12. The Bertz CT molecular complexity index is 316. The van der Waals surface area contributed by atoms with Gasteiger partial charge in [-0.2, -0.15) is 0 Å². The number of aliphatic hydroxyl groups excluding tert-OH is 1. The Labute approximate surface area is 89.6 Å². The first-order chi connectivity index (χ1) is 7.16. The number of rotatable bonds is 5. The lowest BCUT2D eigenvalue weighted by atomic mass is 9.84. The number of benzene rings is 1. The van der Waals surface area contributed by atoms with Gasteiger partial charge in [-0.05, 0) is 17.7 Å². The zero-order valence-electron chi connectivity index (χ0n) is 9.06. The Morgan fingerprint density at radius 1 is 1.47 bits per heavy atom. The highest BCUT2D eigenvalue weighted by molar-refractivity contribution is 5.33. The van der Waals surface area contributed by atoms with E-state index in [0.717, 1.165) is 11.3 Å². The lowest BCUT2D eigenvalue weighted by molar-refractivity contribution is 0.0594. The van der Waals surface area contributed by atoms with Crippen LogP contribution >= 0.6 is 0 Å². The maximum absolute atomic E-state index is 9.36. The highest BCUT2D eigenvalue weighted by atomic mass is 16.6. The van der Waals surface area contributed by atoms with Crippen LogP contribution in [0.4, 0.5) is 0 Å². The molecule has 0 aliphatic heterocycles. The predicted molar refractivity (Wildman–Crippen MR) is 57.6 cm³/mol. The van der Waals surface area contributed by atoms with Gasteiger partial charge in [0.05, 0.1) is 20.3 Å². The third-order valence-corrected chi connectivity index (χ3v) is 2.52. The van der Waals surface area contributed by atoms with Crippen LogP contribution in [0.25, 0.3) is 0 Å². The summed E-state index contributed by atoms with van der Waals surface area (Å²) in [5, 5.41) is 9.36. The lowest BCUT2D eigenvalue weighted by Gasteiger charge is -2.26. The summed E-state index contributed by atoms with van der Waals surface area (Å²) >= 11 is 0. The van der Waals surface area contributed by atoms with E-state index in [1.807, 2.05) is 31.2 Å². The van der Waals surface area contributed by atoms with Crippen LogP contribution in [-0.4, -0.2) is 25.4 Å². The molecule has 1 unspecified atom stereocenters. The molecule has 0 aliphatic carbocycles. The molecule has 0 saturated carbocycles. The Morgan fingerprint density at radius 2 is 2.20 bits per heavy atom. The summed E-state index contributed by atoms with van der Waals surface area (Å²) in [5.74, 6) is 5.81. The number of ether oxygens (including phenoxy) is 1. The molecule has 0 fully saturated rings. The molecule has 4 nitrogen and oxygen atoms in total. The molecule has 1 rings (SSSR count). The van der Waals surface area contributed by atoms with Gasteiger partial charge in [-0.1, -0.05) is 19.1 Å². The van der Waals surface area contributed by atoms with E-state index in [1.165, 1.54) is 0 Å². The molecule has 1 aromatic carbocycles. The van der Waals surface area contributed by atoms with Gasteiger partial charge in [-0.25, -0.2) is 5.90 Å². The molecule has 0 amide bonds. The molecule has 0 aromatic heterocycles. The van der Waals surface area contributed by atoms with Crippen LogP contribution < -0.4 is 10.6 Å². The standard InChI is InChI=1S/C11H17NO3/c1-11(7-13,8-15-12)9-4-3-5-10(6-9)14-2/h3-6,13H,7-8,12H2,1-2H3. The van der Waals surface area contributed by atoms with Crippen molar-refractivity contribution >= 4 is 0 Å². The average molecular weight is 211 g/mol. The molecule has 1 atom stereocenters. The van der Waals surface area contributed by atoms with Crippen molar-refractivity contribution < 1.29 is 14.7 Å². The molecular formula is C11H17NO3. The highest BCUT2D eigenvalue weighted by Gasteiger charge is 2.26. The van der Waals surface area contributed by atoms with Crippen LogP contribution in [0, 0.1) is 0 Å². The van der Waals surface area contributed by atoms with E-state index in [-0.39, 0.29) is 13.2 Å². The fourth-order valence-corrected chi connectivity index (χ4v) is 1.40. The van der Waals surface area contributed by atoms with Crippen molar-refractivity contribution in [2.75, 3.05) is 20.3 Å². The molecule has 0 saturated heterocycles. The predicted octanol–water partition coefficient (Wildman–Crippen LogP) is 0.835. The Hall–Kier alpha value is -1.10.